The lowest BCUT2D eigenvalue weighted by atomic mass is 10.2. The van der Waals surface area contributed by atoms with Gasteiger partial charge < -0.3 is 14.2 Å². The highest BCUT2D eigenvalue weighted by atomic mass is 16.5. The Bertz CT molecular complexity index is 770. The molecule has 0 fully saturated rings. The number of hydrogen-bond acceptors (Lipinski definition) is 3. The fraction of sp³-hybridized carbons (Fsp3) is 0.182. The third-order valence-electron chi connectivity index (χ3n) is 3.79. The first-order chi connectivity index (χ1) is 12.3. The van der Waals surface area contributed by atoms with Gasteiger partial charge in [0.1, 0.15) is 13.2 Å². The van der Waals surface area contributed by atoms with Gasteiger partial charge in [0.15, 0.2) is 11.5 Å². The minimum atomic E-state index is 0.499. The standard InChI is InChI=1S/C22H22O3/c1-23-15-20-12-13-21(24-16-18-8-4-2-5-9-18)22(14-20)25-17-19-10-6-3-7-11-19/h2-14H,15-17H2,1H3. The zero-order valence-corrected chi connectivity index (χ0v) is 14.4. The van der Waals surface area contributed by atoms with Crippen LogP contribution in [-0.2, 0) is 24.6 Å². The van der Waals surface area contributed by atoms with Crippen molar-refractivity contribution in [3.05, 3.63) is 95.6 Å². The van der Waals surface area contributed by atoms with E-state index in [0.29, 0.717) is 19.8 Å². The molecule has 3 aromatic rings. The van der Waals surface area contributed by atoms with Gasteiger partial charge in [0.05, 0.1) is 6.61 Å². The molecule has 0 aliphatic rings. The summed E-state index contributed by atoms with van der Waals surface area (Å²) in [4.78, 5) is 0. The van der Waals surface area contributed by atoms with Crippen LogP contribution in [0.3, 0.4) is 0 Å². The molecule has 0 atom stereocenters. The molecule has 0 aromatic heterocycles. The summed E-state index contributed by atoms with van der Waals surface area (Å²) < 4.78 is 17.2. The molecule has 0 saturated heterocycles. The minimum absolute atomic E-state index is 0.499. The number of rotatable bonds is 8. The minimum Gasteiger partial charge on any atom is -0.485 e. The van der Waals surface area contributed by atoms with Crippen molar-refractivity contribution in [3.8, 4) is 11.5 Å². The maximum Gasteiger partial charge on any atom is 0.162 e. The Labute approximate surface area is 148 Å². The summed E-state index contributed by atoms with van der Waals surface area (Å²) in [5.41, 5.74) is 3.30. The Kier molecular flexibility index (Phi) is 6.07. The van der Waals surface area contributed by atoms with Crippen LogP contribution in [0.4, 0.5) is 0 Å². The molecular weight excluding hydrogens is 312 g/mol. The summed E-state index contributed by atoms with van der Waals surface area (Å²) in [7, 11) is 1.68. The van der Waals surface area contributed by atoms with Gasteiger partial charge >= 0.3 is 0 Å². The quantitative estimate of drug-likeness (QED) is 0.581. The SMILES string of the molecule is COCc1ccc(OCc2ccccc2)c(OCc2ccccc2)c1. The number of hydrogen-bond donors (Lipinski definition) is 0. The summed E-state index contributed by atoms with van der Waals surface area (Å²) >= 11 is 0. The highest BCUT2D eigenvalue weighted by Crippen LogP contribution is 2.30. The van der Waals surface area contributed by atoms with E-state index in [1.54, 1.807) is 7.11 Å². The smallest absolute Gasteiger partial charge is 0.162 e. The average molecular weight is 334 g/mol. The maximum absolute atomic E-state index is 6.02. The van der Waals surface area contributed by atoms with Gasteiger partial charge in [0.2, 0.25) is 0 Å². The van der Waals surface area contributed by atoms with E-state index in [4.69, 9.17) is 14.2 Å². The van der Waals surface area contributed by atoms with Crippen molar-refractivity contribution in [1.82, 2.24) is 0 Å². The van der Waals surface area contributed by atoms with Crippen LogP contribution in [0.25, 0.3) is 0 Å². The average Bonchev–Trinajstić information content (AvgIpc) is 2.67. The first kappa shape index (κ1) is 17.1. The molecule has 3 nitrogen and oxygen atoms in total. The van der Waals surface area contributed by atoms with Gasteiger partial charge in [0.25, 0.3) is 0 Å². The topological polar surface area (TPSA) is 27.7 Å². The molecule has 3 rings (SSSR count). The Hall–Kier alpha value is -2.78. The first-order valence-electron chi connectivity index (χ1n) is 8.30. The van der Waals surface area contributed by atoms with Crippen LogP contribution >= 0.6 is 0 Å². The number of benzene rings is 3. The van der Waals surface area contributed by atoms with Crippen LogP contribution in [0.5, 0.6) is 11.5 Å². The second-order valence-electron chi connectivity index (χ2n) is 5.76. The van der Waals surface area contributed by atoms with E-state index < -0.39 is 0 Å². The van der Waals surface area contributed by atoms with Crippen LogP contribution in [0.1, 0.15) is 16.7 Å². The summed E-state index contributed by atoms with van der Waals surface area (Å²) in [5.74, 6) is 1.47. The molecule has 3 heteroatoms. The second kappa shape index (κ2) is 8.90. The van der Waals surface area contributed by atoms with Gasteiger partial charge in [0, 0.05) is 7.11 Å². The van der Waals surface area contributed by atoms with Gasteiger partial charge in [-0.2, -0.15) is 0 Å². The molecule has 0 bridgehead atoms. The van der Waals surface area contributed by atoms with Gasteiger partial charge in [-0.25, -0.2) is 0 Å². The van der Waals surface area contributed by atoms with Crippen LogP contribution in [0.2, 0.25) is 0 Å². The molecule has 0 aliphatic heterocycles. The zero-order valence-electron chi connectivity index (χ0n) is 14.4. The van der Waals surface area contributed by atoms with Crippen LogP contribution in [0.15, 0.2) is 78.9 Å². The fourth-order valence-corrected chi connectivity index (χ4v) is 2.51. The van der Waals surface area contributed by atoms with E-state index in [1.807, 2.05) is 78.9 Å². The van der Waals surface area contributed by atoms with Gasteiger partial charge in [-0.1, -0.05) is 66.7 Å². The fourth-order valence-electron chi connectivity index (χ4n) is 2.51. The molecule has 0 amide bonds. The highest BCUT2D eigenvalue weighted by molar-refractivity contribution is 5.43. The van der Waals surface area contributed by atoms with Crippen LogP contribution in [-0.4, -0.2) is 7.11 Å². The summed E-state index contributed by atoms with van der Waals surface area (Å²) in [6.45, 7) is 1.55. The summed E-state index contributed by atoms with van der Waals surface area (Å²) in [6.07, 6.45) is 0. The highest BCUT2D eigenvalue weighted by Gasteiger charge is 2.08. The van der Waals surface area contributed by atoms with Crippen LogP contribution in [0, 0.1) is 0 Å². The van der Waals surface area contributed by atoms with Crippen LogP contribution < -0.4 is 9.47 Å². The van der Waals surface area contributed by atoms with Crippen molar-refractivity contribution >= 4 is 0 Å². The molecule has 0 heterocycles. The molecule has 3 aromatic carbocycles. The van der Waals surface area contributed by atoms with E-state index in [2.05, 4.69) is 0 Å². The molecular formula is C22H22O3. The van der Waals surface area contributed by atoms with Crippen molar-refractivity contribution in [2.45, 2.75) is 19.8 Å². The van der Waals surface area contributed by atoms with Crippen molar-refractivity contribution in [2.24, 2.45) is 0 Å². The molecule has 0 unspecified atom stereocenters. The third kappa shape index (κ3) is 5.10. The molecule has 25 heavy (non-hydrogen) atoms. The van der Waals surface area contributed by atoms with E-state index in [1.165, 1.54) is 0 Å². The second-order valence-corrected chi connectivity index (χ2v) is 5.76. The van der Waals surface area contributed by atoms with Crippen molar-refractivity contribution < 1.29 is 14.2 Å². The lowest BCUT2D eigenvalue weighted by molar-refractivity contribution is 0.184. The Morgan fingerprint density at radius 3 is 1.68 bits per heavy atom. The summed E-state index contributed by atoms with van der Waals surface area (Å²) in [6, 6.07) is 26.1. The molecule has 0 aliphatic carbocycles. The maximum atomic E-state index is 6.02. The Balaban J connectivity index is 1.73. The van der Waals surface area contributed by atoms with E-state index in [0.717, 1.165) is 28.2 Å². The third-order valence-corrected chi connectivity index (χ3v) is 3.79. The van der Waals surface area contributed by atoms with E-state index in [-0.39, 0.29) is 0 Å². The van der Waals surface area contributed by atoms with Crippen molar-refractivity contribution in [3.63, 3.8) is 0 Å². The lowest BCUT2D eigenvalue weighted by Crippen LogP contribution is -2.01. The monoisotopic (exact) mass is 334 g/mol. The van der Waals surface area contributed by atoms with E-state index in [9.17, 15) is 0 Å². The predicted octanol–water partition coefficient (Wildman–Crippen LogP) is 4.99. The predicted molar refractivity (Wildman–Crippen MR) is 98.7 cm³/mol. The first-order valence-corrected chi connectivity index (χ1v) is 8.30. The summed E-state index contributed by atoms with van der Waals surface area (Å²) in [5, 5.41) is 0. The Morgan fingerprint density at radius 1 is 0.560 bits per heavy atom. The number of ether oxygens (including phenoxy) is 3. The molecule has 0 N–H and O–H groups in total. The Morgan fingerprint density at radius 2 is 1.12 bits per heavy atom. The van der Waals surface area contributed by atoms with Gasteiger partial charge in [-0.05, 0) is 28.8 Å². The molecule has 128 valence electrons. The molecule has 0 spiro atoms. The zero-order chi connectivity index (χ0) is 17.3. The lowest BCUT2D eigenvalue weighted by Gasteiger charge is -2.14. The normalized spacial score (nSPS) is 10.4. The molecule has 0 saturated carbocycles. The largest absolute Gasteiger partial charge is 0.485 e. The molecule has 0 radical (unpaired) electrons. The van der Waals surface area contributed by atoms with Crippen molar-refractivity contribution in [2.75, 3.05) is 7.11 Å². The van der Waals surface area contributed by atoms with Crippen molar-refractivity contribution in [1.29, 1.82) is 0 Å². The van der Waals surface area contributed by atoms with Gasteiger partial charge in [-0.3, -0.25) is 0 Å². The number of methoxy groups -OCH3 is 1. The van der Waals surface area contributed by atoms with Gasteiger partial charge in [-0.15, -0.1) is 0 Å². The van der Waals surface area contributed by atoms with E-state index >= 15 is 0 Å².